The highest BCUT2D eigenvalue weighted by Crippen LogP contribution is 2.13. The molecule has 0 bridgehead atoms. The average Bonchev–Trinajstić information content (AvgIpc) is 3.00. The Morgan fingerprint density at radius 3 is 2.67 bits per heavy atom. The number of benzene rings is 1. The van der Waals surface area contributed by atoms with Crippen LogP contribution in [0.4, 0.5) is 0 Å². The van der Waals surface area contributed by atoms with Crippen LogP contribution in [0.15, 0.2) is 24.3 Å². The van der Waals surface area contributed by atoms with Gasteiger partial charge in [0.05, 0.1) is 0 Å². The summed E-state index contributed by atoms with van der Waals surface area (Å²) in [6, 6.07) is 7.71. The van der Waals surface area contributed by atoms with Gasteiger partial charge < -0.3 is 10.6 Å². The van der Waals surface area contributed by atoms with E-state index in [1.807, 2.05) is 31.3 Å². The number of halogens is 1. The van der Waals surface area contributed by atoms with Gasteiger partial charge in [-0.1, -0.05) is 24.3 Å². The van der Waals surface area contributed by atoms with Crippen LogP contribution in [0.25, 0.3) is 11.4 Å². The fourth-order valence-electron chi connectivity index (χ4n) is 1.77. The summed E-state index contributed by atoms with van der Waals surface area (Å²) >= 11 is 0. The second kappa shape index (κ2) is 9.04. The van der Waals surface area contributed by atoms with Crippen molar-refractivity contribution in [3.05, 3.63) is 29.8 Å². The van der Waals surface area contributed by atoms with Gasteiger partial charge in [-0.05, 0) is 30.8 Å². The van der Waals surface area contributed by atoms with Gasteiger partial charge in [0.1, 0.15) is 0 Å². The average molecular weight is 311 g/mol. The van der Waals surface area contributed by atoms with Crippen LogP contribution >= 0.6 is 12.4 Å². The third-order valence-electron chi connectivity index (χ3n) is 2.88. The number of nitrogens with one attached hydrogen (secondary N) is 3. The number of carbonyl (C=O) groups is 1. The van der Waals surface area contributed by atoms with Crippen LogP contribution < -0.4 is 10.6 Å². The minimum Gasteiger partial charge on any atom is -0.352 e. The molecule has 0 fully saturated rings. The number of nitrogens with zero attached hydrogens (tertiary/aromatic N) is 3. The van der Waals surface area contributed by atoms with Crippen LogP contribution in [-0.2, 0) is 11.3 Å². The van der Waals surface area contributed by atoms with Crippen LogP contribution in [0.5, 0.6) is 0 Å². The Labute approximate surface area is 129 Å². The lowest BCUT2D eigenvalue weighted by molar-refractivity contribution is -0.121. The van der Waals surface area contributed by atoms with Crippen molar-refractivity contribution in [1.29, 1.82) is 0 Å². The number of rotatable bonds is 7. The van der Waals surface area contributed by atoms with Gasteiger partial charge in [0, 0.05) is 18.5 Å². The summed E-state index contributed by atoms with van der Waals surface area (Å²) in [7, 11) is 1.88. The maximum absolute atomic E-state index is 11.6. The van der Waals surface area contributed by atoms with Crippen LogP contribution in [0.3, 0.4) is 0 Å². The number of hydrogen-bond acceptors (Lipinski definition) is 5. The SMILES string of the molecule is CNCCCC(=O)NCc1ccc(-c2nn[nH]n2)cc1.Cl. The van der Waals surface area contributed by atoms with Gasteiger partial charge >= 0.3 is 0 Å². The second-order valence-electron chi connectivity index (χ2n) is 4.42. The van der Waals surface area contributed by atoms with Gasteiger partial charge in [0.15, 0.2) is 0 Å². The molecule has 1 aromatic carbocycles. The number of aromatic nitrogens is 4. The van der Waals surface area contributed by atoms with Crippen molar-refractivity contribution in [2.75, 3.05) is 13.6 Å². The maximum atomic E-state index is 11.6. The first kappa shape index (κ1) is 17.1. The van der Waals surface area contributed by atoms with E-state index in [-0.39, 0.29) is 18.3 Å². The molecule has 0 aliphatic carbocycles. The highest BCUT2D eigenvalue weighted by molar-refractivity contribution is 5.85. The Balaban J connectivity index is 0.00000220. The number of H-pyrrole nitrogens is 1. The first-order valence-corrected chi connectivity index (χ1v) is 6.53. The zero-order valence-corrected chi connectivity index (χ0v) is 12.6. The molecule has 0 aliphatic rings. The maximum Gasteiger partial charge on any atom is 0.220 e. The molecule has 0 spiro atoms. The molecule has 0 radical (unpaired) electrons. The molecule has 2 aromatic rings. The van der Waals surface area contributed by atoms with Gasteiger partial charge in [0.25, 0.3) is 0 Å². The molecular formula is C13H19ClN6O. The van der Waals surface area contributed by atoms with E-state index in [1.54, 1.807) is 0 Å². The highest BCUT2D eigenvalue weighted by atomic mass is 35.5. The van der Waals surface area contributed by atoms with Gasteiger partial charge in [-0.25, -0.2) is 0 Å². The van der Waals surface area contributed by atoms with E-state index in [1.165, 1.54) is 0 Å². The number of aromatic amines is 1. The van der Waals surface area contributed by atoms with Gasteiger partial charge in [-0.15, -0.1) is 22.6 Å². The lowest BCUT2D eigenvalue weighted by atomic mass is 10.1. The van der Waals surface area contributed by atoms with E-state index < -0.39 is 0 Å². The number of amides is 1. The van der Waals surface area contributed by atoms with E-state index in [0.29, 0.717) is 18.8 Å². The Hall–Kier alpha value is -1.99. The molecule has 0 saturated heterocycles. The molecule has 1 aromatic heterocycles. The fourth-order valence-corrected chi connectivity index (χ4v) is 1.77. The molecule has 0 saturated carbocycles. The summed E-state index contributed by atoms with van der Waals surface area (Å²) in [5.41, 5.74) is 1.93. The lowest BCUT2D eigenvalue weighted by Crippen LogP contribution is -2.23. The van der Waals surface area contributed by atoms with Crippen molar-refractivity contribution in [2.45, 2.75) is 19.4 Å². The Bertz CT molecular complexity index is 528. The molecule has 3 N–H and O–H groups in total. The van der Waals surface area contributed by atoms with Crippen molar-refractivity contribution in [3.63, 3.8) is 0 Å². The van der Waals surface area contributed by atoms with E-state index in [4.69, 9.17) is 0 Å². The monoisotopic (exact) mass is 310 g/mol. The minimum atomic E-state index is 0. The van der Waals surface area contributed by atoms with E-state index >= 15 is 0 Å². The summed E-state index contributed by atoms with van der Waals surface area (Å²) in [6.45, 7) is 1.39. The van der Waals surface area contributed by atoms with E-state index in [2.05, 4.69) is 31.3 Å². The van der Waals surface area contributed by atoms with Crippen molar-refractivity contribution < 1.29 is 4.79 Å². The van der Waals surface area contributed by atoms with Crippen LogP contribution in [0.1, 0.15) is 18.4 Å². The number of tetrazole rings is 1. The zero-order valence-electron chi connectivity index (χ0n) is 11.8. The fraction of sp³-hybridized carbons (Fsp3) is 0.385. The zero-order chi connectivity index (χ0) is 14.2. The lowest BCUT2D eigenvalue weighted by Gasteiger charge is -2.05. The summed E-state index contributed by atoms with van der Waals surface area (Å²) in [4.78, 5) is 11.6. The molecule has 2 rings (SSSR count). The van der Waals surface area contributed by atoms with Crippen molar-refractivity contribution >= 4 is 18.3 Å². The molecule has 1 amide bonds. The number of carbonyl (C=O) groups excluding carboxylic acids is 1. The van der Waals surface area contributed by atoms with Gasteiger partial charge in [-0.3, -0.25) is 4.79 Å². The topological polar surface area (TPSA) is 95.6 Å². The third-order valence-corrected chi connectivity index (χ3v) is 2.88. The highest BCUT2D eigenvalue weighted by Gasteiger charge is 2.04. The molecule has 1 heterocycles. The second-order valence-corrected chi connectivity index (χ2v) is 4.42. The standard InChI is InChI=1S/C13H18N6O.ClH/c1-14-8-2-3-12(20)15-9-10-4-6-11(7-5-10)13-16-18-19-17-13;/h4-7,14H,2-3,8-9H2,1H3,(H,15,20)(H,16,17,18,19);1H. The summed E-state index contributed by atoms with van der Waals surface area (Å²) in [6.07, 6.45) is 1.39. The van der Waals surface area contributed by atoms with Gasteiger partial charge in [-0.2, -0.15) is 5.21 Å². The summed E-state index contributed by atoms with van der Waals surface area (Å²) < 4.78 is 0. The van der Waals surface area contributed by atoms with Crippen LogP contribution in [-0.4, -0.2) is 40.1 Å². The molecular weight excluding hydrogens is 292 g/mol. The molecule has 21 heavy (non-hydrogen) atoms. The smallest absolute Gasteiger partial charge is 0.220 e. The van der Waals surface area contributed by atoms with Crippen molar-refractivity contribution in [2.24, 2.45) is 0 Å². The summed E-state index contributed by atoms with van der Waals surface area (Å²) in [5, 5.41) is 19.7. The van der Waals surface area contributed by atoms with Crippen LogP contribution in [0.2, 0.25) is 0 Å². The van der Waals surface area contributed by atoms with E-state index in [0.717, 1.165) is 24.1 Å². The van der Waals surface area contributed by atoms with Crippen molar-refractivity contribution in [1.82, 2.24) is 31.3 Å². The molecule has 8 heteroatoms. The quantitative estimate of drug-likeness (QED) is 0.661. The Morgan fingerprint density at radius 1 is 1.29 bits per heavy atom. The molecule has 114 valence electrons. The molecule has 0 aliphatic heterocycles. The minimum absolute atomic E-state index is 0. The normalized spacial score (nSPS) is 9.95. The van der Waals surface area contributed by atoms with Crippen molar-refractivity contribution in [3.8, 4) is 11.4 Å². The Kier molecular flexibility index (Phi) is 7.34. The molecule has 0 atom stereocenters. The third kappa shape index (κ3) is 5.49. The first-order chi connectivity index (χ1) is 9.79. The predicted octanol–water partition coefficient (Wildman–Crippen LogP) is 0.904. The Morgan fingerprint density at radius 2 is 2.05 bits per heavy atom. The first-order valence-electron chi connectivity index (χ1n) is 6.53. The number of hydrogen-bond donors (Lipinski definition) is 3. The predicted molar refractivity (Wildman–Crippen MR) is 81.9 cm³/mol. The van der Waals surface area contributed by atoms with E-state index in [9.17, 15) is 4.79 Å². The molecule has 0 unspecified atom stereocenters. The largest absolute Gasteiger partial charge is 0.352 e. The van der Waals surface area contributed by atoms with Crippen LogP contribution in [0, 0.1) is 0 Å². The summed E-state index contributed by atoms with van der Waals surface area (Å²) in [5.74, 6) is 0.634. The molecule has 7 nitrogen and oxygen atoms in total. The van der Waals surface area contributed by atoms with Gasteiger partial charge in [0.2, 0.25) is 11.7 Å².